The van der Waals surface area contributed by atoms with Gasteiger partial charge in [-0.1, -0.05) is 0 Å². The lowest BCUT2D eigenvalue weighted by Crippen LogP contribution is -2.11. The zero-order valence-electron chi connectivity index (χ0n) is 11.0. The van der Waals surface area contributed by atoms with E-state index in [2.05, 4.69) is 9.97 Å². The fourth-order valence-electron chi connectivity index (χ4n) is 1.99. The Balaban J connectivity index is 2.27. The van der Waals surface area contributed by atoms with Crippen molar-refractivity contribution in [1.29, 1.82) is 0 Å². The summed E-state index contributed by atoms with van der Waals surface area (Å²) in [5, 5.41) is 0. The number of aromatic amines is 1. The lowest BCUT2D eigenvalue weighted by molar-refractivity contribution is 0.355. The molecule has 2 aromatic heterocycles. The second-order valence-electron chi connectivity index (χ2n) is 4.12. The number of benzene rings is 1. The van der Waals surface area contributed by atoms with E-state index in [0.717, 1.165) is 0 Å². The molecule has 20 heavy (non-hydrogen) atoms. The highest BCUT2D eigenvalue weighted by Gasteiger charge is 2.13. The number of nitrogens with zero attached hydrogens (tertiary/aromatic N) is 1. The molecule has 6 heteroatoms. The van der Waals surface area contributed by atoms with Crippen molar-refractivity contribution in [3.8, 4) is 23.0 Å². The molecule has 6 nitrogen and oxygen atoms in total. The zero-order chi connectivity index (χ0) is 14.1. The summed E-state index contributed by atoms with van der Waals surface area (Å²) in [5.41, 5.74) is 1.07. The van der Waals surface area contributed by atoms with Crippen LogP contribution in [-0.2, 0) is 0 Å². The molecule has 0 unspecified atom stereocenters. The summed E-state index contributed by atoms with van der Waals surface area (Å²) in [6.07, 6.45) is 1.50. The first kappa shape index (κ1) is 12.3. The van der Waals surface area contributed by atoms with E-state index in [1.54, 1.807) is 31.4 Å². The van der Waals surface area contributed by atoms with Gasteiger partial charge >= 0.3 is 0 Å². The Morgan fingerprint density at radius 1 is 1.20 bits per heavy atom. The van der Waals surface area contributed by atoms with Crippen LogP contribution in [0, 0.1) is 0 Å². The summed E-state index contributed by atoms with van der Waals surface area (Å²) in [5.74, 6) is 1.50. The van der Waals surface area contributed by atoms with Gasteiger partial charge in [0.25, 0.3) is 5.56 Å². The van der Waals surface area contributed by atoms with Gasteiger partial charge in [0.1, 0.15) is 0 Å². The van der Waals surface area contributed by atoms with Gasteiger partial charge in [-0.15, -0.1) is 0 Å². The fraction of sp³-hybridized carbons (Fsp3) is 0.143. The number of rotatable bonds is 3. The minimum Gasteiger partial charge on any atom is -0.493 e. The van der Waals surface area contributed by atoms with Gasteiger partial charge in [-0.2, -0.15) is 0 Å². The monoisotopic (exact) mass is 272 g/mol. The Morgan fingerprint density at radius 2 is 1.95 bits per heavy atom. The van der Waals surface area contributed by atoms with Gasteiger partial charge in [0.05, 0.1) is 31.5 Å². The average molecular weight is 272 g/mol. The first-order valence-electron chi connectivity index (χ1n) is 5.93. The second-order valence-corrected chi connectivity index (χ2v) is 4.12. The minimum absolute atomic E-state index is 0.231. The molecule has 0 bridgehead atoms. The smallest absolute Gasteiger partial charge is 0.278 e. The van der Waals surface area contributed by atoms with E-state index < -0.39 is 0 Å². The molecule has 3 rings (SSSR count). The summed E-state index contributed by atoms with van der Waals surface area (Å²) < 4.78 is 15.6. The Morgan fingerprint density at radius 3 is 2.60 bits per heavy atom. The molecule has 0 fully saturated rings. The summed E-state index contributed by atoms with van der Waals surface area (Å²) in [6.45, 7) is 0. The van der Waals surface area contributed by atoms with Crippen LogP contribution < -0.4 is 15.0 Å². The number of ether oxygens (including phenoxy) is 2. The maximum absolute atomic E-state index is 12.0. The maximum atomic E-state index is 12.0. The molecule has 0 atom stereocenters. The average Bonchev–Trinajstić information content (AvgIpc) is 2.99. The number of aromatic nitrogens is 2. The summed E-state index contributed by atoms with van der Waals surface area (Å²) in [7, 11) is 3.08. The van der Waals surface area contributed by atoms with Crippen LogP contribution in [0.3, 0.4) is 0 Å². The zero-order valence-corrected chi connectivity index (χ0v) is 11.0. The first-order valence-corrected chi connectivity index (χ1v) is 5.93. The Bertz CT molecular complexity index is 806. The molecule has 0 radical (unpaired) electrons. The van der Waals surface area contributed by atoms with Crippen molar-refractivity contribution in [2.45, 2.75) is 0 Å². The Kier molecular flexibility index (Phi) is 2.90. The van der Waals surface area contributed by atoms with Crippen LogP contribution in [0.1, 0.15) is 0 Å². The van der Waals surface area contributed by atoms with Crippen LogP contribution in [-0.4, -0.2) is 24.2 Å². The molecule has 0 spiro atoms. The van der Waals surface area contributed by atoms with Crippen molar-refractivity contribution in [3.05, 3.63) is 40.9 Å². The SMILES string of the molecule is COc1cc2nc(-c3ccco3)c(=O)[nH]c2cc1OC. The van der Waals surface area contributed by atoms with Gasteiger partial charge in [-0.05, 0) is 12.1 Å². The summed E-state index contributed by atoms with van der Waals surface area (Å²) in [4.78, 5) is 19.1. The molecule has 0 saturated carbocycles. The molecule has 0 saturated heterocycles. The number of nitrogens with one attached hydrogen (secondary N) is 1. The van der Waals surface area contributed by atoms with Crippen molar-refractivity contribution in [3.63, 3.8) is 0 Å². The molecular weight excluding hydrogens is 260 g/mol. The predicted octanol–water partition coefficient (Wildman–Crippen LogP) is 2.20. The Hall–Kier alpha value is -2.76. The molecular formula is C14H12N2O4. The number of hydrogen-bond donors (Lipinski definition) is 1. The van der Waals surface area contributed by atoms with Crippen LogP contribution in [0.5, 0.6) is 11.5 Å². The van der Waals surface area contributed by atoms with Gasteiger partial charge in [-0.25, -0.2) is 4.98 Å². The van der Waals surface area contributed by atoms with Crippen molar-refractivity contribution >= 4 is 11.0 Å². The van der Waals surface area contributed by atoms with Gasteiger partial charge in [0.15, 0.2) is 23.0 Å². The lowest BCUT2D eigenvalue weighted by atomic mass is 10.2. The molecule has 3 aromatic rings. The third-order valence-corrected chi connectivity index (χ3v) is 2.95. The third kappa shape index (κ3) is 1.91. The van der Waals surface area contributed by atoms with E-state index in [1.807, 2.05) is 0 Å². The van der Waals surface area contributed by atoms with Crippen LogP contribution in [0.2, 0.25) is 0 Å². The van der Waals surface area contributed by atoms with E-state index in [9.17, 15) is 4.79 Å². The maximum Gasteiger partial charge on any atom is 0.278 e. The minimum atomic E-state index is -0.320. The van der Waals surface area contributed by atoms with Crippen molar-refractivity contribution < 1.29 is 13.9 Å². The number of hydrogen-bond acceptors (Lipinski definition) is 5. The van der Waals surface area contributed by atoms with Gasteiger partial charge in [0.2, 0.25) is 0 Å². The van der Waals surface area contributed by atoms with Crippen LogP contribution in [0.4, 0.5) is 0 Å². The molecule has 102 valence electrons. The molecule has 2 heterocycles. The normalized spacial score (nSPS) is 10.7. The van der Waals surface area contributed by atoms with Gasteiger partial charge in [0, 0.05) is 12.1 Å². The number of methoxy groups -OCH3 is 2. The highest BCUT2D eigenvalue weighted by molar-refractivity contribution is 5.80. The largest absolute Gasteiger partial charge is 0.493 e. The van der Waals surface area contributed by atoms with E-state index >= 15 is 0 Å². The van der Waals surface area contributed by atoms with E-state index in [-0.39, 0.29) is 11.3 Å². The molecule has 0 aliphatic carbocycles. The molecule has 1 aromatic carbocycles. The van der Waals surface area contributed by atoms with E-state index in [1.165, 1.54) is 13.4 Å². The summed E-state index contributed by atoms with van der Waals surface area (Å²) >= 11 is 0. The fourth-order valence-corrected chi connectivity index (χ4v) is 1.99. The number of H-pyrrole nitrogens is 1. The highest BCUT2D eigenvalue weighted by Crippen LogP contribution is 2.30. The number of furan rings is 1. The van der Waals surface area contributed by atoms with Crippen molar-refractivity contribution in [1.82, 2.24) is 9.97 Å². The topological polar surface area (TPSA) is 77.4 Å². The third-order valence-electron chi connectivity index (χ3n) is 2.95. The second kappa shape index (κ2) is 4.73. The van der Waals surface area contributed by atoms with Crippen LogP contribution in [0.25, 0.3) is 22.5 Å². The molecule has 1 N–H and O–H groups in total. The molecule has 0 amide bonds. The summed E-state index contributed by atoms with van der Waals surface area (Å²) in [6, 6.07) is 6.77. The van der Waals surface area contributed by atoms with E-state index in [4.69, 9.17) is 13.9 Å². The van der Waals surface area contributed by atoms with Crippen molar-refractivity contribution in [2.75, 3.05) is 14.2 Å². The number of fused-ring (bicyclic) bond motifs is 1. The van der Waals surface area contributed by atoms with Crippen molar-refractivity contribution in [2.24, 2.45) is 0 Å². The predicted molar refractivity (Wildman–Crippen MR) is 73.2 cm³/mol. The Labute approximate surface area is 114 Å². The quantitative estimate of drug-likeness (QED) is 0.790. The van der Waals surface area contributed by atoms with Crippen LogP contribution >= 0.6 is 0 Å². The highest BCUT2D eigenvalue weighted by atomic mass is 16.5. The molecule has 0 aliphatic heterocycles. The van der Waals surface area contributed by atoms with Crippen LogP contribution in [0.15, 0.2) is 39.7 Å². The first-order chi connectivity index (χ1) is 9.72. The molecule has 0 aliphatic rings. The van der Waals surface area contributed by atoms with Gasteiger partial charge < -0.3 is 18.9 Å². The standard InChI is InChI=1S/C14H12N2O4/c1-18-11-6-8-9(7-12(11)19-2)16-14(17)13(15-8)10-4-3-5-20-10/h3-7H,1-2H3,(H,16,17). The van der Waals surface area contributed by atoms with Gasteiger partial charge in [-0.3, -0.25) is 4.79 Å². The van der Waals surface area contributed by atoms with E-state index in [0.29, 0.717) is 28.3 Å². The lowest BCUT2D eigenvalue weighted by Gasteiger charge is -2.08.